The fourth-order valence-electron chi connectivity index (χ4n) is 3.16. The van der Waals surface area contributed by atoms with Crippen LogP contribution in [0.5, 0.6) is 0 Å². The Morgan fingerprint density at radius 3 is 2.44 bits per heavy atom. The zero-order valence-corrected chi connectivity index (χ0v) is 15.9. The second kappa shape index (κ2) is 13.6. The third-order valence-electron chi connectivity index (χ3n) is 4.66. The molecule has 0 saturated carbocycles. The van der Waals surface area contributed by atoms with E-state index in [4.69, 9.17) is 4.74 Å². The van der Waals surface area contributed by atoms with Gasteiger partial charge in [0.1, 0.15) is 12.4 Å². The van der Waals surface area contributed by atoms with Gasteiger partial charge in [0.05, 0.1) is 0 Å². The first-order valence-corrected chi connectivity index (χ1v) is 9.79. The number of aldehydes is 1. The van der Waals surface area contributed by atoms with Crippen LogP contribution < -0.4 is 0 Å². The standard InChI is InChI=1S/C22H34O3/c1-3-4-5-6-7-8-16-22(25-19(2)24)17-12-11-14-20-13-9-10-15-21(20)18-23/h9-12,14,17-18,20-22H,3-8,13,15-16H2,1-2H3/b14-11+,17-12+/t20-,21-,22?/m0/s1. The summed E-state index contributed by atoms with van der Waals surface area (Å²) in [5.74, 6) is 0.128. The summed E-state index contributed by atoms with van der Waals surface area (Å²) in [6, 6.07) is 0. The highest BCUT2D eigenvalue weighted by atomic mass is 16.5. The Balaban J connectivity index is 2.40. The van der Waals surface area contributed by atoms with Crippen molar-refractivity contribution in [2.24, 2.45) is 11.8 Å². The van der Waals surface area contributed by atoms with Gasteiger partial charge in [0.25, 0.3) is 0 Å². The average Bonchev–Trinajstić information content (AvgIpc) is 2.61. The van der Waals surface area contributed by atoms with E-state index in [1.54, 1.807) is 0 Å². The Hall–Kier alpha value is -1.64. The van der Waals surface area contributed by atoms with E-state index in [-0.39, 0.29) is 23.9 Å². The molecule has 0 amide bonds. The number of carbonyl (C=O) groups excluding carboxylic acids is 2. The molecule has 0 aliphatic heterocycles. The summed E-state index contributed by atoms with van der Waals surface area (Å²) in [5, 5.41) is 0. The van der Waals surface area contributed by atoms with E-state index in [2.05, 4.69) is 25.2 Å². The van der Waals surface area contributed by atoms with Crippen LogP contribution in [0.2, 0.25) is 0 Å². The van der Waals surface area contributed by atoms with Crippen LogP contribution >= 0.6 is 0 Å². The van der Waals surface area contributed by atoms with Crippen LogP contribution in [0.4, 0.5) is 0 Å². The van der Waals surface area contributed by atoms with Crippen LogP contribution in [0.25, 0.3) is 0 Å². The maximum absolute atomic E-state index is 11.3. The lowest BCUT2D eigenvalue weighted by atomic mass is 9.84. The molecule has 3 nitrogen and oxygen atoms in total. The van der Waals surface area contributed by atoms with Crippen LogP contribution in [-0.2, 0) is 14.3 Å². The summed E-state index contributed by atoms with van der Waals surface area (Å²) in [4.78, 5) is 22.4. The van der Waals surface area contributed by atoms with E-state index in [1.165, 1.54) is 39.0 Å². The molecular formula is C22H34O3. The van der Waals surface area contributed by atoms with Crippen molar-refractivity contribution < 1.29 is 14.3 Å². The number of carbonyl (C=O) groups is 2. The average molecular weight is 347 g/mol. The SMILES string of the molecule is CCCCCCCCC(/C=C/C=C/[C@@H]1CC=CC[C@H]1C=O)OC(C)=O. The van der Waals surface area contributed by atoms with E-state index >= 15 is 0 Å². The number of unbranched alkanes of at least 4 members (excludes halogenated alkanes) is 5. The third kappa shape index (κ3) is 10.1. The minimum Gasteiger partial charge on any atom is -0.458 e. The minimum atomic E-state index is -0.233. The molecule has 0 aromatic carbocycles. The highest BCUT2D eigenvalue weighted by Crippen LogP contribution is 2.25. The van der Waals surface area contributed by atoms with E-state index in [9.17, 15) is 9.59 Å². The van der Waals surface area contributed by atoms with Crippen LogP contribution in [-0.4, -0.2) is 18.4 Å². The van der Waals surface area contributed by atoms with Crippen LogP contribution in [0, 0.1) is 11.8 Å². The van der Waals surface area contributed by atoms with Crippen molar-refractivity contribution >= 4 is 12.3 Å². The van der Waals surface area contributed by atoms with Gasteiger partial charge in [0, 0.05) is 12.8 Å². The highest BCUT2D eigenvalue weighted by molar-refractivity contribution is 5.66. The van der Waals surface area contributed by atoms with Gasteiger partial charge in [-0.3, -0.25) is 4.79 Å². The van der Waals surface area contributed by atoms with E-state index in [0.717, 1.165) is 32.0 Å². The van der Waals surface area contributed by atoms with E-state index in [0.29, 0.717) is 0 Å². The number of hydrogen-bond donors (Lipinski definition) is 0. The van der Waals surface area contributed by atoms with Crippen LogP contribution in [0.15, 0.2) is 36.5 Å². The van der Waals surface area contributed by atoms with Gasteiger partial charge in [-0.1, -0.05) is 69.4 Å². The quantitative estimate of drug-likeness (QED) is 0.153. The lowest BCUT2D eigenvalue weighted by molar-refractivity contribution is -0.144. The summed E-state index contributed by atoms with van der Waals surface area (Å²) < 4.78 is 5.39. The monoisotopic (exact) mass is 346 g/mol. The molecule has 0 fully saturated rings. The lowest BCUT2D eigenvalue weighted by Gasteiger charge is -2.20. The molecule has 3 atom stereocenters. The van der Waals surface area contributed by atoms with Crippen molar-refractivity contribution in [1.82, 2.24) is 0 Å². The molecule has 0 aromatic heterocycles. The van der Waals surface area contributed by atoms with Gasteiger partial charge < -0.3 is 9.53 Å². The molecule has 25 heavy (non-hydrogen) atoms. The zero-order chi connectivity index (χ0) is 18.3. The van der Waals surface area contributed by atoms with Gasteiger partial charge in [-0.15, -0.1) is 0 Å². The molecule has 0 heterocycles. The van der Waals surface area contributed by atoms with Crippen molar-refractivity contribution in [1.29, 1.82) is 0 Å². The largest absolute Gasteiger partial charge is 0.458 e. The Bertz CT molecular complexity index is 462. The molecule has 140 valence electrons. The predicted molar refractivity (Wildman–Crippen MR) is 103 cm³/mol. The van der Waals surface area contributed by atoms with Crippen molar-refractivity contribution in [2.75, 3.05) is 0 Å². The summed E-state index contributed by atoms with van der Waals surface area (Å²) in [5.41, 5.74) is 0. The number of hydrogen-bond acceptors (Lipinski definition) is 3. The molecule has 1 unspecified atom stereocenters. The van der Waals surface area contributed by atoms with Crippen molar-refractivity contribution in [2.45, 2.75) is 77.7 Å². The zero-order valence-electron chi connectivity index (χ0n) is 15.9. The molecule has 0 spiro atoms. The molecular weight excluding hydrogens is 312 g/mol. The maximum atomic E-state index is 11.3. The molecule has 0 N–H and O–H groups in total. The van der Waals surface area contributed by atoms with Crippen LogP contribution in [0.1, 0.15) is 71.6 Å². The Labute approximate surface area is 153 Å². The number of rotatable bonds is 12. The van der Waals surface area contributed by atoms with E-state index < -0.39 is 0 Å². The van der Waals surface area contributed by atoms with Crippen molar-refractivity contribution in [3.63, 3.8) is 0 Å². The van der Waals surface area contributed by atoms with E-state index in [1.807, 2.05) is 18.2 Å². The third-order valence-corrected chi connectivity index (χ3v) is 4.66. The summed E-state index contributed by atoms with van der Waals surface area (Å²) >= 11 is 0. The summed E-state index contributed by atoms with van der Waals surface area (Å²) in [7, 11) is 0. The molecule has 0 bridgehead atoms. The molecule has 0 saturated heterocycles. The second-order valence-electron chi connectivity index (χ2n) is 6.88. The molecule has 0 radical (unpaired) electrons. The molecule has 1 aliphatic carbocycles. The molecule has 1 rings (SSSR count). The first-order chi connectivity index (χ1) is 12.2. The van der Waals surface area contributed by atoms with Gasteiger partial charge in [-0.05, 0) is 37.7 Å². The lowest BCUT2D eigenvalue weighted by Crippen LogP contribution is -2.15. The van der Waals surface area contributed by atoms with Gasteiger partial charge in [0.2, 0.25) is 0 Å². The Morgan fingerprint density at radius 1 is 1.08 bits per heavy atom. The Kier molecular flexibility index (Phi) is 11.7. The first-order valence-electron chi connectivity index (χ1n) is 9.79. The topological polar surface area (TPSA) is 43.4 Å². The number of esters is 1. The minimum absolute atomic E-state index is 0.0852. The summed E-state index contributed by atoms with van der Waals surface area (Å²) in [6.07, 6.45) is 23.1. The van der Waals surface area contributed by atoms with Gasteiger partial charge in [0.15, 0.2) is 0 Å². The normalized spacial score (nSPS) is 21.7. The molecule has 0 aromatic rings. The van der Waals surface area contributed by atoms with Crippen LogP contribution in [0.3, 0.4) is 0 Å². The molecule has 3 heteroatoms. The maximum Gasteiger partial charge on any atom is 0.303 e. The fourth-order valence-corrected chi connectivity index (χ4v) is 3.16. The highest BCUT2D eigenvalue weighted by Gasteiger charge is 2.18. The fraction of sp³-hybridized carbons (Fsp3) is 0.636. The predicted octanol–water partition coefficient (Wildman–Crippen LogP) is 5.56. The smallest absolute Gasteiger partial charge is 0.303 e. The number of ether oxygens (including phenoxy) is 1. The first kappa shape index (κ1) is 21.4. The summed E-state index contributed by atoms with van der Waals surface area (Å²) in [6.45, 7) is 3.68. The van der Waals surface area contributed by atoms with Crippen molar-refractivity contribution in [3.05, 3.63) is 36.5 Å². The van der Waals surface area contributed by atoms with Gasteiger partial charge in [-0.2, -0.15) is 0 Å². The van der Waals surface area contributed by atoms with Gasteiger partial charge >= 0.3 is 5.97 Å². The molecule has 1 aliphatic rings. The second-order valence-corrected chi connectivity index (χ2v) is 6.88. The number of allylic oxidation sites excluding steroid dienone is 5. The van der Waals surface area contributed by atoms with Crippen molar-refractivity contribution in [3.8, 4) is 0 Å². The Morgan fingerprint density at radius 2 is 1.76 bits per heavy atom. The van der Waals surface area contributed by atoms with Gasteiger partial charge in [-0.25, -0.2) is 0 Å².